The molecule has 0 aromatic heterocycles. The first-order chi connectivity index (χ1) is 7.53. The van der Waals surface area contributed by atoms with Crippen LogP contribution in [0, 0.1) is 0 Å². The summed E-state index contributed by atoms with van der Waals surface area (Å²) in [6, 6.07) is 0.619. The Labute approximate surface area is 96.8 Å². The van der Waals surface area contributed by atoms with Crippen LogP contribution in [-0.4, -0.2) is 5.12 Å². The van der Waals surface area contributed by atoms with Crippen molar-refractivity contribution in [2.75, 3.05) is 0 Å². The third kappa shape index (κ3) is 3.15. The van der Waals surface area contributed by atoms with E-state index in [-0.39, 0.29) is 18.2 Å². The van der Waals surface area contributed by atoms with Crippen molar-refractivity contribution in [1.29, 1.82) is 0 Å². The maximum atomic E-state index is 12.4. The summed E-state index contributed by atoms with van der Waals surface area (Å²) in [7, 11) is 0. The van der Waals surface area contributed by atoms with Gasteiger partial charge in [0.2, 0.25) is 5.12 Å². The standard InChI is InChI=1S/C9H4F6OS/c10-8(11,12)4-1-2-6(9(13,14)15)5(3-4)7(16)17/h1-3H,(H,16,17). The van der Waals surface area contributed by atoms with Crippen molar-refractivity contribution in [3.8, 4) is 0 Å². The molecule has 0 fully saturated rings. The van der Waals surface area contributed by atoms with Crippen molar-refractivity contribution in [2.24, 2.45) is 0 Å². The molecule has 0 saturated heterocycles. The number of benzene rings is 1. The number of thiol groups is 1. The lowest BCUT2D eigenvalue weighted by Gasteiger charge is -2.13. The largest absolute Gasteiger partial charge is 0.417 e. The van der Waals surface area contributed by atoms with Crippen LogP contribution in [0.15, 0.2) is 18.2 Å². The molecule has 0 bridgehead atoms. The summed E-state index contributed by atoms with van der Waals surface area (Å²) in [5.74, 6) is 0. The number of hydrogen-bond donors (Lipinski definition) is 1. The molecule has 1 aromatic carbocycles. The number of rotatable bonds is 1. The van der Waals surface area contributed by atoms with E-state index in [2.05, 4.69) is 12.6 Å². The monoisotopic (exact) mass is 274 g/mol. The van der Waals surface area contributed by atoms with Crippen LogP contribution in [0.25, 0.3) is 0 Å². The van der Waals surface area contributed by atoms with E-state index in [0.29, 0.717) is 0 Å². The quantitative estimate of drug-likeness (QED) is 0.609. The summed E-state index contributed by atoms with van der Waals surface area (Å²) in [4.78, 5) is 10.8. The molecule has 0 N–H and O–H groups in total. The molecule has 0 aliphatic heterocycles. The van der Waals surface area contributed by atoms with Gasteiger partial charge in [0.25, 0.3) is 0 Å². The maximum Gasteiger partial charge on any atom is 0.417 e. The maximum absolute atomic E-state index is 12.4. The van der Waals surface area contributed by atoms with Crippen molar-refractivity contribution in [3.05, 3.63) is 34.9 Å². The van der Waals surface area contributed by atoms with E-state index in [1.165, 1.54) is 0 Å². The molecule has 94 valence electrons. The molecular formula is C9H4F6OS. The lowest BCUT2D eigenvalue weighted by atomic mass is 10.0. The van der Waals surface area contributed by atoms with Crippen molar-refractivity contribution >= 4 is 17.7 Å². The van der Waals surface area contributed by atoms with Gasteiger partial charge in [-0.2, -0.15) is 26.3 Å². The van der Waals surface area contributed by atoms with E-state index in [0.717, 1.165) is 0 Å². The SMILES string of the molecule is O=C(S)c1cc(C(F)(F)F)ccc1C(F)(F)F. The second-order valence-electron chi connectivity index (χ2n) is 3.06. The summed E-state index contributed by atoms with van der Waals surface area (Å²) >= 11 is 3.13. The topological polar surface area (TPSA) is 17.1 Å². The van der Waals surface area contributed by atoms with Gasteiger partial charge in [-0.3, -0.25) is 4.79 Å². The Balaban J connectivity index is 3.43. The summed E-state index contributed by atoms with van der Waals surface area (Å²) in [5.41, 5.74) is -3.89. The fourth-order valence-electron chi connectivity index (χ4n) is 1.14. The van der Waals surface area contributed by atoms with Gasteiger partial charge >= 0.3 is 12.4 Å². The van der Waals surface area contributed by atoms with E-state index in [9.17, 15) is 31.1 Å². The smallest absolute Gasteiger partial charge is 0.282 e. The van der Waals surface area contributed by atoms with Crippen LogP contribution in [0.3, 0.4) is 0 Å². The van der Waals surface area contributed by atoms with Crippen LogP contribution >= 0.6 is 12.6 Å². The third-order valence-corrected chi connectivity index (χ3v) is 2.12. The average molecular weight is 274 g/mol. The first-order valence-corrected chi connectivity index (χ1v) is 4.50. The molecule has 0 aliphatic rings. The molecule has 17 heavy (non-hydrogen) atoms. The molecular weight excluding hydrogens is 270 g/mol. The van der Waals surface area contributed by atoms with Gasteiger partial charge in [0.05, 0.1) is 11.1 Å². The third-order valence-electron chi connectivity index (χ3n) is 1.88. The van der Waals surface area contributed by atoms with Gasteiger partial charge in [-0.05, 0) is 18.2 Å². The van der Waals surface area contributed by atoms with Crippen molar-refractivity contribution in [2.45, 2.75) is 12.4 Å². The molecule has 1 rings (SSSR count). The molecule has 1 nitrogen and oxygen atoms in total. The van der Waals surface area contributed by atoms with Gasteiger partial charge in [0.1, 0.15) is 0 Å². The van der Waals surface area contributed by atoms with Gasteiger partial charge in [0.15, 0.2) is 0 Å². The van der Waals surface area contributed by atoms with Crippen molar-refractivity contribution in [3.63, 3.8) is 0 Å². The number of carbonyl (C=O) groups is 1. The Morgan fingerprint density at radius 2 is 1.53 bits per heavy atom. The van der Waals surface area contributed by atoms with Crippen LogP contribution < -0.4 is 0 Å². The predicted molar refractivity (Wildman–Crippen MR) is 49.8 cm³/mol. The fourth-order valence-corrected chi connectivity index (χ4v) is 1.33. The first kappa shape index (κ1) is 13.9. The molecule has 0 amide bonds. The van der Waals surface area contributed by atoms with Gasteiger partial charge in [-0.25, -0.2) is 0 Å². The van der Waals surface area contributed by atoms with E-state index >= 15 is 0 Å². The normalized spacial score (nSPS) is 12.6. The summed E-state index contributed by atoms with van der Waals surface area (Å²) in [6.07, 6.45) is -9.72. The second kappa shape index (κ2) is 4.25. The molecule has 0 radical (unpaired) electrons. The Morgan fingerprint density at radius 1 is 1.00 bits per heavy atom. The number of hydrogen-bond acceptors (Lipinski definition) is 1. The molecule has 0 unspecified atom stereocenters. The van der Waals surface area contributed by atoms with Crippen molar-refractivity contribution < 1.29 is 31.1 Å². The minimum atomic E-state index is -4.90. The molecule has 0 spiro atoms. The fraction of sp³-hybridized carbons (Fsp3) is 0.222. The predicted octanol–water partition coefficient (Wildman–Crippen LogP) is 3.79. The lowest BCUT2D eigenvalue weighted by Crippen LogP contribution is -2.14. The highest BCUT2D eigenvalue weighted by molar-refractivity contribution is 7.97. The highest BCUT2D eigenvalue weighted by atomic mass is 32.1. The Morgan fingerprint density at radius 3 is 1.88 bits per heavy atom. The van der Waals surface area contributed by atoms with Crippen LogP contribution in [0.2, 0.25) is 0 Å². The lowest BCUT2D eigenvalue weighted by molar-refractivity contribution is -0.141. The molecule has 0 saturated carbocycles. The van der Waals surface area contributed by atoms with Gasteiger partial charge in [-0.15, -0.1) is 12.6 Å². The van der Waals surface area contributed by atoms with Crippen LogP contribution in [0.5, 0.6) is 0 Å². The Kier molecular flexibility index (Phi) is 3.47. The molecule has 0 atom stereocenters. The van der Waals surface area contributed by atoms with Crippen LogP contribution in [-0.2, 0) is 12.4 Å². The summed E-state index contributed by atoms with van der Waals surface area (Å²) < 4.78 is 73.8. The Bertz CT molecular complexity index is 448. The average Bonchev–Trinajstić information content (AvgIpc) is 2.14. The molecule has 1 aromatic rings. The molecule has 8 heteroatoms. The van der Waals surface area contributed by atoms with Gasteiger partial charge in [-0.1, -0.05) is 0 Å². The highest BCUT2D eigenvalue weighted by Crippen LogP contribution is 2.36. The summed E-state index contributed by atoms with van der Waals surface area (Å²) in [5, 5.41) is -1.37. The Hall–Kier alpha value is -1.18. The van der Waals surface area contributed by atoms with Gasteiger partial charge in [0, 0.05) is 5.56 Å². The number of alkyl halides is 6. The zero-order chi connectivity index (χ0) is 13.4. The minimum Gasteiger partial charge on any atom is -0.282 e. The molecule has 0 heterocycles. The second-order valence-corrected chi connectivity index (χ2v) is 3.47. The van der Waals surface area contributed by atoms with Crippen molar-refractivity contribution in [1.82, 2.24) is 0 Å². The first-order valence-electron chi connectivity index (χ1n) is 4.05. The van der Waals surface area contributed by atoms with Gasteiger partial charge < -0.3 is 0 Å². The van der Waals surface area contributed by atoms with E-state index in [1.807, 2.05) is 0 Å². The zero-order valence-electron chi connectivity index (χ0n) is 7.86. The minimum absolute atomic E-state index is 0.137. The number of halogens is 6. The summed E-state index contributed by atoms with van der Waals surface area (Å²) in [6.45, 7) is 0. The molecule has 0 aliphatic carbocycles. The zero-order valence-corrected chi connectivity index (χ0v) is 8.75. The van der Waals surface area contributed by atoms with Crippen LogP contribution in [0.4, 0.5) is 26.3 Å². The van der Waals surface area contributed by atoms with E-state index < -0.39 is 34.2 Å². The number of carbonyl (C=O) groups excluding carboxylic acids is 1. The highest BCUT2D eigenvalue weighted by Gasteiger charge is 2.38. The van der Waals surface area contributed by atoms with E-state index in [4.69, 9.17) is 0 Å². The van der Waals surface area contributed by atoms with E-state index in [1.54, 1.807) is 0 Å². The van der Waals surface area contributed by atoms with Crippen LogP contribution in [0.1, 0.15) is 21.5 Å².